The van der Waals surface area contributed by atoms with E-state index in [4.69, 9.17) is 11.6 Å². The van der Waals surface area contributed by atoms with Gasteiger partial charge in [-0.15, -0.1) is 0 Å². The number of aromatic amines is 1. The molecule has 1 unspecified atom stereocenters. The summed E-state index contributed by atoms with van der Waals surface area (Å²) in [4.78, 5) is 43.8. The molecule has 0 bridgehead atoms. The molecular formula is C25H27ClN4O3. The summed E-state index contributed by atoms with van der Waals surface area (Å²) in [5.74, 6) is -0.119. The SMILES string of the molecule is N#C[C@H](CC1CCCC1=O)NC(=O)[C@@H]1[C@H]2CCC[C@H]2CN1C(=O)c1cc2c(Cl)cccc2[nH]1. The van der Waals surface area contributed by atoms with Crippen LogP contribution < -0.4 is 5.32 Å². The number of aromatic nitrogens is 1. The van der Waals surface area contributed by atoms with Crippen molar-refractivity contribution in [1.82, 2.24) is 15.2 Å². The molecule has 7 nitrogen and oxygen atoms in total. The van der Waals surface area contributed by atoms with Gasteiger partial charge < -0.3 is 15.2 Å². The Morgan fingerprint density at radius 1 is 1.27 bits per heavy atom. The fourth-order valence-corrected chi connectivity index (χ4v) is 6.29. The highest BCUT2D eigenvalue weighted by Crippen LogP contribution is 2.43. The molecule has 3 fully saturated rings. The lowest BCUT2D eigenvalue weighted by atomic mass is 9.92. The van der Waals surface area contributed by atoms with E-state index in [0.29, 0.717) is 30.1 Å². The number of hydrogen-bond acceptors (Lipinski definition) is 4. The first-order valence-corrected chi connectivity index (χ1v) is 12.1. The number of rotatable bonds is 5. The normalized spacial score (nSPS) is 27.5. The first kappa shape index (κ1) is 22.0. The van der Waals surface area contributed by atoms with E-state index in [2.05, 4.69) is 16.4 Å². The van der Waals surface area contributed by atoms with Gasteiger partial charge >= 0.3 is 0 Å². The lowest BCUT2D eigenvalue weighted by molar-refractivity contribution is -0.127. The predicted molar refractivity (Wildman–Crippen MR) is 123 cm³/mol. The minimum Gasteiger partial charge on any atom is -0.350 e. The van der Waals surface area contributed by atoms with Crippen LogP contribution in [0.4, 0.5) is 0 Å². The van der Waals surface area contributed by atoms with E-state index in [-0.39, 0.29) is 35.4 Å². The zero-order valence-corrected chi connectivity index (χ0v) is 19.1. The van der Waals surface area contributed by atoms with E-state index in [1.54, 1.807) is 17.0 Å². The number of hydrogen-bond donors (Lipinski definition) is 2. The molecule has 2 N–H and O–H groups in total. The van der Waals surface area contributed by atoms with Crippen molar-refractivity contribution >= 4 is 40.1 Å². The summed E-state index contributed by atoms with van der Waals surface area (Å²) in [5.41, 5.74) is 1.18. The molecule has 33 heavy (non-hydrogen) atoms. The summed E-state index contributed by atoms with van der Waals surface area (Å²) >= 11 is 6.28. The Kier molecular flexibility index (Phi) is 5.88. The lowest BCUT2D eigenvalue weighted by Crippen LogP contribution is -2.51. The van der Waals surface area contributed by atoms with Crippen molar-refractivity contribution in [1.29, 1.82) is 5.26 Å². The number of nitrogens with zero attached hydrogens (tertiary/aromatic N) is 2. The van der Waals surface area contributed by atoms with E-state index >= 15 is 0 Å². The molecule has 2 aliphatic carbocycles. The third-order valence-corrected chi connectivity index (χ3v) is 8.01. The van der Waals surface area contributed by atoms with Crippen molar-refractivity contribution in [3.05, 3.63) is 35.0 Å². The Labute approximate surface area is 197 Å². The zero-order chi connectivity index (χ0) is 23.1. The van der Waals surface area contributed by atoms with Crippen LogP contribution in [0.5, 0.6) is 0 Å². The monoisotopic (exact) mass is 466 g/mol. The van der Waals surface area contributed by atoms with Gasteiger partial charge in [0.2, 0.25) is 5.91 Å². The molecule has 3 aliphatic rings. The Balaban J connectivity index is 1.37. The van der Waals surface area contributed by atoms with Crippen molar-refractivity contribution in [2.45, 2.75) is 57.0 Å². The molecule has 2 aromatic rings. The first-order chi connectivity index (χ1) is 16.0. The molecule has 2 heterocycles. The molecule has 5 atom stereocenters. The second-order valence-corrected chi connectivity index (χ2v) is 10.0. The average molecular weight is 467 g/mol. The smallest absolute Gasteiger partial charge is 0.271 e. The van der Waals surface area contributed by atoms with Crippen molar-refractivity contribution < 1.29 is 14.4 Å². The van der Waals surface area contributed by atoms with Crippen molar-refractivity contribution in [3.8, 4) is 6.07 Å². The molecule has 2 saturated carbocycles. The molecule has 5 rings (SSSR count). The number of fused-ring (bicyclic) bond motifs is 2. The lowest BCUT2D eigenvalue weighted by Gasteiger charge is -2.28. The van der Waals surface area contributed by atoms with Gasteiger partial charge in [-0.1, -0.05) is 24.1 Å². The van der Waals surface area contributed by atoms with Crippen LogP contribution >= 0.6 is 11.6 Å². The second-order valence-electron chi connectivity index (χ2n) is 9.62. The van der Waals surface area contributed by atoms with Gasteiger partial charge in [0.05, 0.1) is 6.07 Å². The number of amides is 2. The van der Waals surface area contributed by atoms with Crippen molar-refractivity contribution in [3.63, 3.8) is 0 Å². The Bertz CT molecular complexity index is 1150. The molecule has 0 spiro atoms. The maximum atomic E-state index is 13.5. The number of nitriles is 1. The predicted octanol–water partition coefficient (Wildman–Crippen LogP) is 3.83. The average Bonchev–Trinajstić information content (AvgIpc) is 3.56. The van der Waals surface area contributed by atoms with E-state index in [9.17, 15) is 19.6 Å². The summed E-state index contributed by atoms with van der Waals surface area (Å²) in [7, 11) is 0. The third-order valence-electron chi connectivity index (χ3n) is 7.68. The standard InChI is InChI=1S/C25H27ClN4O3/c26-19-7-3-8-20-18(19)11-21(29-20)25(33)30-13-15-5-1-6-17(15)23(30)24(32)28-16(12-27)10-14-4-2-9-22(14)31/h3,7-8,11,14-17,23,29H,1-2,4-6,9-10,13H2,(H,28,32)/t14?,15-,16-,17-,23-/m0/s1. The summed E-state index contributed by atoms with van der Waals surface area (Å²) in [5, 5.41) is 13.8. The summed E-state index contributed by atoms with van der Waals surface area (Å²) in [6.45, 7) is 0.531. The van der Waals surface area contributed by atoms with Gasteiger partial charge in [-0.3, -0.25) is 14.4 Å². The first-order valence-electron chi connectivity index (χ1n) is 11.8. The number of carbonyl (C=O) groups excluding carboxylic acids is 3. The van der Waals surface area contributed by atoms with Crippen LogP contribution in [0.1, 0.15) is 55.4 Å². The molecular weight excluding hydrogens is 440 g/mol. The zero-order valence-electron chi connectivity index (χ0n) is 18.4. The quantitative estimate of drug-likeness (QED) is 0.698. The molecule has 8 heteroatoms. The second kappa shape index (κ2) is 8.83. The van der Waals surface area contributed by atoms with Crippen LogP contribution in [0.25, 0.3) is 10.9 Å². The van der Waals surface area contributed by atoms with Gasteiger partial charge in [-0.2, -0.15) is 5.26 Å². The van der Waals surface area contributed by atoms with E-state index < -0.39 is 12.1 Å². The highest BCUT2D eigenvalue weighted by Gasteiger charge is 2.50. The molecule has 1 aliphatic heterocycles. The van der Waals surface area contributed by atoms with Gasteiger partial charge in [0.1, 0.15) is 23.6 Å². The van der Waals surface area contributed by atoms with Gasteiger partial charge in [0, 0.05) is 34.8 Å². The maximum Gasteiger partial charge on any atom is 0.271 e. The van der Waals surface area contributed by atoms with Gasteiger partial charge in [-0.05, 0) is 62.1 Å². The number of nitrogens with one attached hydrogen (secondary N) is 2. The fraction of sp³-hybridized carbons (Fsp3) is 0.520. The van der Waals surface area contributed by atoms with Gasteiger partial charge in [-0.25, -0.2) is 0 Å². The maximum absolute atomic E-state index is 13.5. The highest BCUT2D eigenvalue weighted by atomic mass is 35.5. The van der Waals surface area contributed by atoms with Crippen LogP contribution in [0.3, 0.4) is 0 Å². The molecule has 1 aromatic carbocycles. The number of carbonyl (C=O) groups is 3. The molecule has 1 aromatic heterocycles. The topological polar surface area (TPSA) is 106 Å². The number of ketones is 1. The minimum atomic E-state index is -0.728. The van der Waals surface area contributed by atoms with Gasteiger partial charge in [0.25, 0.3) is 5.91 Å². The van der Waals surface area contributed by atoms with Gasteiger partial charge in [0.15, 0.2) is 0 Å². The number of likely N-dealkylation sites (tertiary alicyclic amines) is 1. The van der Waals surface area contributed by atoms with Crippen molar-refractivity contribution in [2.75, 3.05) is 6.54 Å². The van der Waals surface area contributed by atoms with Crippen LogP contribution in [0.15, 0.2) is 24.3 Å². The number of Topliss-reactive ketones (excluding diaryl/α,β-unsaturated/α-hetero) is 1. The summed E-state index contributed by atoms with van der Waals surface area (Å²) < 4.78 is 0. The molecule has 2 amide bonds. The molecule has 0 radical (unpaired) electrons. The Morgan fingerprint density at radius 3 is 2.85 bits per heavy atom. The number of H-pyrrole nitrogens is 1. The highest BCUT2D eigenvalue weighted by molar-refractivity contribution is 6.35. The van der Waals surface area contributed by atoms with E-state index in [1.165, 1.54) is 0 Å². The van der Waals surface area contributed by atoms with Crippen LogP contribution in [0.2, 0.25) is 5.02 Å². The Morgan fingerprint density at radius 2 is 2.12 bits per heavy atom. The number of benzene rings is 1. The van der Waals surface area contributed by atoms with E-state index in [1.807, 2.05) is 12.1 Å². The molecule has 172 valence electrons. The van der Waals surface area contributed by atoms with Crippen LogP contribution in [0, 0.1) is 29.1 Å². The molecule has 1 saturated heterocycles. The fourth-order valence-electron chi connectivity index (χ4n) is 6.06. The van der Waals surface area contributed by atoms with Crippen molar-refractivity contribution in [2.24, 2.45) is 17.8 Å². The van der Waals surface area contributed by atoms with Crippen LogP contribution in [-0.2, 0) is 9.59 Å². The van der Waals surface area contributed by atoms with E-state index in [0.717, 1.165) is 43.0 Å². The number of halogens is 1. The van der Waals surface area contributed by atoms with Crippen LogP contribution in [-0.4, -0.2) is 46.1 Å². The minimum absolute atomic E-state index is 0.0920. The summed E-state index contributed by atoms with van der Waals surface area (Å²) in [6, 6.07) is 8.02. The third kappa shape index (κ3) is 4.02. The summed E-state index contributed by atoms with van der Waals surface area (Å²) in [6.07, 6.45) is 5.45. The Hall–Kier alpha value is -2.85. The largest absolute Gasteiger partial charge is 0.350 e.